The number of allylic oxidation sites excluding steroid dienone is 2. The quantitative estimate of drug-likeness (QED) is 0.0210. The molecule has 0 aliphatic carbocycles. The summed E-state index contributed by atoms with van der Waals surface area (Å²) in [6, 6.07) is 24.2. The van der Waals surface area contributed by atoms with Crippen molar-refractivity contribution in [2.75, 3.05) is 22.6 Å². The Morgan fingerprint density at radius 3 is 2.27 bits per heavy atom. The van der Waals surface area contributed by atoms with Crippen molar-refractivity contribution in [2.45, 2.75) is 63.5 Å². The molecule has 1 unspecified atom stereocenters. The molecule has 19 heteroatoms. The number of halogens is 2. The first-order valence-electron chi connectivity index (χ1n) is 19.4. The van der Waals surface area contributed by atoms with E-state index in [1.54, 1.807) is 58.2 Å². The van der Waals surface area contributed by atoms with Gasteiger partial charge in [0.15, 0.2) is 16.9 Å². The molecule has 3 heterocycles. The van der Waals surface area contributed by atoms with E-state index in [1.165, 1.54) is 23.6 Å². The van der Waals surface area contributed by atoms with E-state index in [1.807, 2.05) is 66.7 Å². The smallest absolute Gasteiger partial charge is 0.413 e. The number of methoxy groups -OCH3 is 1. The largest absolute Gasteiger partial charge is 0.497 e. The van der Waals surface area contributed by atoms with Gasteiger partial charge in [-0.15, -0.1) is 11.8 Å². The number of fused-ring (bicyclic) bond motifs is 1. The molecule has 2 N–H and O–H groups in total. The summed E-state index contributed by atoms with van der Waals surface area (Å²) in [4.78, 5) is 79.3. The molecule has 0 radical (unpaired) electrons. The fraction of sp³-hybridized carbons (Fsp3) is 0.295. The van der Waals surface area contributed by atoms with Crippen molar-refractivity contribution < 1.29 is 47.8 Å². The molecule has 1 saturated heterocycles. The van der Waals surface area contributed by atoms with Crippen molar-refractivity contribution in [1.82, 2.24) is 15.2 Å². The van der Waals surface area contributed by atoms with Gasteiger partial charge < -0.3 is 29.1 Å². The Morgan fingerprint density at radius 2 is 1.67 bits per heavy atom. The molecule has 3 atom stereocenters. The lowest BCUT2D eigenvalue weighted by atomic mass is 10.0. The van der Waals surface area contributed by atoms with Crippen LogP contribution in [0.25, 0.3) is 0 Å². The summed E-state index contributed by atoms with van der Waals surface area (Å²) in [5, 5.41) is 8.51. The van der Waals surface area contributed by atoms with Crippen LogP contribution in [0.5, 0.6) is 5.75 Å². The lowest BCUT2D eigenvalue weighted by Gasteiger charge is -2.49. The Kier molecular flexibility index (Phi) is 15.9. The number of alkyl halides is 1. The highest BCUT2D eigenvalue weighted by Gasteiger charge is 2.54. The van der Waals surface area contributed by atoms with Crippen molar-refractivity contribution in [3.63, 3.8) is 0 Å². The highest BCUT2D eigenvalue weighted by molar-refractivity contribution is 14.1. The van der Waals surface area contributed by atoms with E-state index < -0.39 is 64.8 Å². The summed E-state index contributed by atoms with van der Waals surface area (Å²) >= 11 is 10.9. The molecule has 0 saturated carbocycles. The first-order chi connectivity index (χ1) is 30.2. The number of rotatable bonds is 16. The SMILES string of the molecule is COc1ccc(COC(=O)C2=C(/C=C/CI)CSC3[C@H](NC(=O)/C(=N\O[C@@H](C)C(=O)OC(c4ccccc4)c4ccccc4)c4nc(NC(=O)OC(C)(C)C)sc4Cl)C(=O)N23)cc1. The summed E-state index contributed by atoms with van der Waals surface area (Å²) in [6.45, 7) is 6.40. The predicted octanol–water partition coefficient (Wildman–Crippen LogP) is 7.98. The van der Waals surface area contributed by atoms with Crippen molar-refractivity contribution in [1.29, 1.82) is 0 Å². The average molecular weight is 1030 g/mol. The number of ether oxygens (including phenoxy) is 4. The predicted molar refractivity (Wildman–Crippen MR) is 248 cm³/mol. The van der Waals surface area contributed by atoms with E-state index >= 15 is 0 Å². The second-order valence-corrected chi connectivity index (χ2v) is 18.4. The lowest BCUT2D eigenvalue weighted by Crippen LogP contribution is -2.71. The van der Waals surface area contributed by atoms with Crippen molar-refractivity contribution in [2.24, 2.45) is 5.16 Å². The molecular formula is C44H43ClIN5O10S2. The van der Waals surface area contributed by atoms with Gasteiger partial charge >= 0.3 is 18.0 Å². The normalized spacial score (nSPS) is 16.8. The number of thioether (sulfide) groups is 1. The Hall–Kier alpha value is -5.44. The fourth-order valence-corrected chi connectivity index (χ4v) is 8.75. The Balaban J connectivity index is 1.24. The lowest BCUT2D eigenvalue weighted by molar-refractivity contribution is -0.160. The third kappa shape index (κ3) is 12.0. The third-order valence-electron chi connectivity index (χ3n) is 9.12. The number of anilines is 1. The number of aromatic nitrogens is 1. The number of benzene rings is 3. The molecule has 1 fully saturated rings. The molecule has 2 aliphatic heterocycles. The monoisotopic (exact) mass is 1030 g/mol. The zero-order chi connectivity index (χ0) is 45.3. The number of hydrogen-bond acceptors (Lipinski definition) is 14. The number of nitrogens with zero attached hydrogens (tertiary/aromatic N) is 3. The van der Waals surface area contributed by atoms with Crippen LogP contribution in [-0.2, 0) is 44.8 Å². The molecule has 4 aromatic rings. The first-order valence-corrected chi connectivity index (χ1v) is 23.2. The minimum Gasteiger partial charge on any atom is -0.497 e. The minimum absolute atomic E-state index is 0.0328. The van der Waals surface area contributed by atoms with Gasteiger partial charge in [0.2, 0.25) is 6.10 Å². The van der Waals surface area contributed by atoms with Crippen LogP contribution in [0.2, 0.25) is 4.34 Å². The Morgan fingerprint density at radius 1 is 1.02 bits per heavy atom. The molecule has 0 spiro atoms. The highest BCUT2D eigenvalue weighted by atomic mass is 127. The number of nitrogens with one attached hydrogen (secondary N) is 2. The van der Waals surface area contributed by atoms with Gasteiger partial charge in [-0.25, -0.2) is 19.4 Å². The molecule has 3 aromatic carbocycles. The maximum Gasteiger partial charge on any atom is 0.413 e. The zero-order valence-corrected chi connectivity index (χ0v) is 39.2. The second-order valence-electron chi connectivity index (χ2n) is 14.8. The van der Waals surface area contributed by atoms with Gasteiger partial charge in [-0.05, 0) is 62.1 Å². The van der Waals surface area contributed by atoms with Gasteiger partial charge in [0.25, 0.3) is 11.8 Å². The van der Waals surface area contributed by atoms with Crippen LogP contribution < -0.4 is 15.4 Å². The van der Waals surface area contributed by atoms with E-state index in [-0.39, 0.29) is 27.5 Å². The fourth-order valence-electron chi connectivity index (χ4n) is 6.15. The average Bonchev–Trinajstić information content (AvgIpc) is 3.63. The van der Waals surface area contributed by atoms with E-state index in [2.05, 4.69) is 43.4 Å². The van der Waals surface area contributed by atoms with Crippen molar-refractivity contribution in [3.8, 4) is 5.75 Å². The van der Waals surface area contributed by atoms with Crippen LogP contribution in [0.4, 0.5) is 9.93 Å². The maximum absolute atomic E-state index is 14.2. The zero-order valence-electron chi connectivity index (χ0n) is 34.7. The van der Waals surface area contributed by atoms with E-state index in [9.17, 15) is 24.0 Å². The van der Waals surface area contributed by atoms with Crippen LogP contribution in [0.3, 0.4) is 0 Å². The number of amides is 3. The van der Waals surface area contributed by atoms with Crippen LogP contribution in [0, 0.1) is 0 Å². The third-order valence-corrected chi connectivity index (χ3v) is 12.1. The molecule has 2 aliphatic rings. The van der Waals surface area contributed by atoms with Gasteiger partial charge in [-0.1, -0.05) is 136 Å². The number of oxime groups is 1. The van der Waals surface area contributed by atoms with Crippen LogP contribution in [-0.4, -0.2) is 85.9 Å². The number of β-lactam (4-membered cyclic amide) rings is 1. The van der Waals surface area contributed by atoms with Crippen LogP contribution >= 0.6 is 57.3 Å². The Labute approximate surface area is 390 Å². The van der Waals surface area contributed by atoms with Crippen molar-refractivity contribution >= 4 is 98.0 Å². The molecule has 1 aromatic heterocycles. The molecule has 63 heavy (non-hydrogen) atoms. The first kappa shape index (κ1) is 47.0. The van der Waals surface area contributed by atoms with E-state index in [4.69, 9.17) is 35.4 Å². The van der Waals surface area contributed by atoms with Crippen LogP contribution in [0.1, 0.15) is 56.2 Å². The van der Waals surface area contributed by atoms with E-state index in [0.29, 0.717) is 38.2 Å². The standard InChI is InChI=1S/C44H43ClIN5O10S2/c1-25(40(54)59-35(27-13-8-6-9-14-27)28-15-10-7-11-16-28)61-50-32(31-36(45)63-42(48-31)49-43(56)60-44(2,3)4)37(52)47-33-38(53)51-34(29(17-12-22-46)24-62-39(33)51)41(55)58-23-26-18-20-30(57-5)21-19-26/h6-21,25,33,35,39H,22-24H2,1-5H3,(H,47,52)(H,48,49,56)/b17-12+,50-32-/t25-,33+,39?/m0/s1. The molecule has 15 nitrogen and oxygen atoms in total. The summed E-state index contributed by atoms with van der Waals surface area (Å²) < 4.78 is 22.7. The van der Waals surface area contributed by atoms with Gasteiger partial charge in [-0.2, -0.15) is 0 Å². The number of carbonyl (C=O) groups excluding carboxylic acids is 5. The molecular weight excluding hydrogens is 985 g/mol. The summed E-state index contributed by atoms with van der Waals surface area (Å²) in [6.07, 6.45) is 0.671. The number of hydrogen-bond donors (Lipinski definition) is 2. The van der Waals surface area contributed by atoms with Gasteiger partial charge in [0.1, 0.15) is 45.1 Å². The number of esters is 2. The topological polar surface area (TPSA) is 184 Å². The highest BCUT2D eigenvalue weighted by Crippen LogP contribution is 2.41. The van der Waals surface area contributed by atoms with E-state index in [0.717, 1.165) is 11.3 Å². The summed E-state index contributed by atoms with van der Waals surface area (Å²) in [5.74, 6) is -2.07. The number of carbonyl (C=O) groups is 5. The van der Waals surface area contributed by atoms with Gasteiger partial charge in [0.05, 0.1) is 7.11 Å². The maximum atomic E-state index is 14.2. The summed E-state index contributed by atoms with van der Waals surface area (Å²) in [7, 11) is 1.55. The van der Waals surface area contributed by atoms with Gasteiger partial charge in [0, 0.05) is 10.2 Å². The van der Waals surface area contributed by atoms with Crippen molar-refractivity contribution in [3.05, 3.63) is 135 Å². The molecule has 6 rings (SSSR count). The number of thiazole rings is 1. The Bertz CT molecular complexity index is 2370. The van der Waals surface area contributed by atoms with Crippen LogP contribution in [0.15, 0.2) is 114 Å². The molecule has 0 bridgehead atoms. The minimum atomic E-state index is -1.36. The second kappa shape index (κ2) is 21.3. The molecule has 330 valence electrons. The molecule has 3 amide bonds. The van der Waals surface area contributed by atoms with Gasteiger partial charge in [-0.3, -0.25) is 19.8 Å². The summed E-state index contributed by atoms with van der Waals surface area (Å²) in [5.41, 5.74) is 1.24.